The summed E-state index contributed by atoms with van der Waals surface area (Å²) in [6.45, 7) is 4.45. The Kier molecular flexibility index (Phi) is 4.93. The van der Waals surface area contributed by atoms with Gasteiger partial charge in [-0.15, -0.1) is 0 Å². The van der Waals surface area contributed by atoms with Crippen molar-refractivity contribution in [3.8, 4) is 5.75 Å². The molecule has 4 heteroatoms. The molecule has 0 aliphatic rings. The molecule has 1 amide bonds. The number of carbonyl (C=O) groups is 1. The zero-order valence-electron chi connectivity index (χ0n) is 12.4. The summed E-state index contributed by atoms with van der Waals surface area (Å²) < 4.78 is 1.65. The van der Waals surface area contributed by atoms with Gasteiger partial charge in [0.2, 0.25) is 12.7 Å². The third kappa shape index (κ3) is 4.05. The van der Waals surface area contributed by atoms with Gasteiger partial charge in [-0.05, 0) is 30.0 Å². The van der Waals surface area contributed by atoms with Gasteiger partial charge in [-0.25, -0.2) is 0 Å². The Balaban J connectivity index is 2.09. The molecule has 0 aliphatic carbocycles. The maximum absolute atomic E-state index is 12.1. The number of rotatable bonds is 5. The summed E-state index contributed by atoms with van der Waals surface area (Å²) in [5.41, 5.74) is 2.01. The summed E-state index contributed by atoms with van der Waals surface area (Å²) in [5, 5.41) is 12.4. The van der Waals surface area contributed by atoms with Gasteiger partial charge in [0.1, 0.15) is 0 Å². The zero-order valence-corrected chi connectivity index (χ0v) is 12.4. The Morgan fingerprint density at radius 3 is 2.76 bits per heavy atom. The summed E-state index contributed by atoms with van der Waals surface area (Å²) in [6.07, 6.45) is 4.30. The van der Waals surface area contributed by atoms with E-state index in [0.717, 1.165) is 17.7 Å². The lowest BCUT2D eigenvalue weighted by Crippen LogP contribution is -2.39. The first-order chi connectivity index (χ1) is 10.1. The van der Waals surface area contributed by atoms with Crippen LogP contribution < -0.4 is 9.88 Å². The van der Waals surface area contributed by atoms with Crippen molar-refractivity contribution in [1.29, 1.82) is 0 Å². The van der Waals surface area contributed by atoms with E-state index in [1.807, 2.05) is 24.3 Å². The molecule has 0 bridgehead atoms. The Labute approximate surface area is 125 Å². The molecule has 0 fully saturated rings. The highest BCUT2D eigenvalue weighted by atomic mass is 16.3. The smallest absolute Gasteiger partial charge is 0.290 e. The van der Waals surface area contributed by atoms with Crippen molar-refractivity contribution in [2.75, 3.05) is 5.32 Å². The molecule has 0 unspecified atom stereocenters. The molecule has 0 saturated carbocycles. The van der Waals surface area contributed by atoms with Gasteiger partial charge in [0.05, 0.1) is 0 Å². The topological polar surface area (TPSA) is 53.2 Å². The van der Waals surface area contributed by atoms with Gasteiger partial charge in [-0.1, -0.05) is 32.0 Å². The van der Waals surface area contributed by atoms with E-state index >= 15 is 0 Å². The van der Waals surface area contributed by atoms with Crippen LogP contribution in [0.15, 0.2) is 48.8 Å². The van der Waals surface area contributed by atoms with Gasteiger partial charge in [-0.2, -0.15) is 4.57 Å². The fraction of sp³-hybridized carbons (Fsp3) is 0.294. The lowest BCUT2D eigenvalue weighted by molar-refractivity contribution is -0.684. The van der Waals surface area contributed by atoms with Crippen molar-refractivity contribution in [3.63, 3.8) is 0 Å². The summed E-state index contributed by atoms with van der Waals surface area (Å²) in [7, 11) is 0. The second-order valence-corrected chi connectivity index (χ2v) is 5.18. The highest BCUT2D eigenvalue weighted by Gasteiger charge is 2.14. The van der Waals surface area contributed by atoms with Gasteiger partial charge >= 0.3 is 0 Å². The van der Waals surface area contributed by atoms with Gasteiger partial charge < -0.3 is 10.4 Å². The predicted molar refractivity (Wildman–Crippen MR) is 82.1 cm³/mol. The fourth-order valence-electron chi connectivity index (χ4n) is 2.22. The Hall–Kier alpha value is -2.36. The number of hydrogen-bond acceptors (Lipinski definition) is 2. The third-order valence-electron chi connectivity index (χ3n) is 3.55. The van der Waals surface area contributed by atoms with Crippen LogP contribution >= 0.6 is 0 Å². The van der Waals surface area contributed by atoms with E-state index in [4.69, 9.17) is 0 Å². The molecule has 0 spiro atoms. The molecular formula is C17H21N2O2+. The second-order valence-electron chi connectivity index (χ2n) is 5.18. The van der Waals surface area contributed by atoms with Crippen LogP contribution in [0.2, 0.25) is 0 Å². The second kappa shape index (κ2) is 6.88. The third-order valence-corrected chi connectivity index (χ3v) is 3.55. The van der Waals surface area contributed by atoms with E-state index in [0.29, 0.717) is 5.92 Å². The number of anilines is 1. The van der Waals surface area contributed by atoms with Gasteiger partial charge in [0, 0.05) is 11.8 Å². The summed E-state index contributed by atoms with van der Waals surface area (Å²) in [6, 6.07) is 11.2. The molecular weight excluding hydrogens is 264 g/mol. The normalized spacial score (nSPS) is 11.9. The SMILES string of the molecule is CC[C@@H](C)c1ccccc1NC(=O)C[n+]1cccc(O)c1. The average molecular weight is 285 g/mol. The molecule has 1 atom stereocenters. The molecule has 2 aromatic rings. The first-order valence-corrected chi connectivity index (χ1v) is 7.17. The van der Waals surface area contributed by atoms with Crippen LogP contribution in [-0.4, -0.2) is 11.0 Å². The average Bonchev–Trinajstić information content (AvgIpc) is 2.47. The molecule has 1 heterocycles. The van der Waals surface area contributed by atoms with Crippen molar-refractivity contribution in [2.24, 2.45) is 0 Å². The summed E-state index contributed by atoms with van der Waals surface area (Å²) in [4.78, 5) is 12.1. The molecule has 2 rings (SSSR count). The molecule has 0 radical (unpaired) electrons. The minimum atomic E-state index is -0.110. The van der Waals surface area contributed by atoms with Crippen molar-refractivity contribution < 1.29 is 14.5 Å². The van der Waals surface area contributed by atoms with Crippen LogP contribution in [0.5, 0.6) is 5.75 Å². The molecule has 1 aromatic carbocycles. The monoisotopic (exact) mass is 285 g/mol. The number of nitrogens with one attached hydrogen (secondary N) is 1. The lowest BCUT2D eigenvalue weighted by atomic mass is 9.97. The van der Waals surface area contributed by atoms with E-state index < -0.39 is 0 Å². The van der Waals surface area contributed by atoms with Gasteiger partial charge in [0.25, 0.3) is 5.91 Å². The highest BCUT2D eigenvalue weighted by molar-refractivity contribution is 5.90. The van der Waals surface area contributed by atoms with Gasteiger partial charge in [-0.3, -0.25) is 4.79 Å². The van der Waals surface area contributed by atoms with Gasteiger partial charge in [0.15, 0.2) is 11.9 Å². The van der Waals surface area contributed by atoms with Crippen LogP contribution in [0.3, 0.4) is 0 Å². The first kappa shape index (κ1) is 15.0. The molecule has 21 heavy (non-hydrogen) atoms. The number of benzene rings is 1. The Bertz CT molecular complexity index is 626. The molecule has 1 aromatic heterocycles. The summed E-state index contributed by atoms with van der Waals surface area (Å²) >= 11 is 0. The van der Waals surface area contributed by atoms with Crippen molar-refractivity contribution in [3.05, 3.63) is 54.4 Å². The highest BCUT2D eigenvalue weighted by Crippen LogP contribution is 2.26. The number of amides is 1. The van der Waals surface area contributed by atoms with E-state index in [9.17, 15) is 9.90 Å². The number of pyridine rings is 1. The largest absolute Gasteiger partial charge is 0.503 e. The van der Waals surface area contributed by atoms with Crippen LogP contribution in [-0.2, 0) is 11.3 Å². The lowest BCUT2D eigenvalue weighted by Gasteiger charge is -2.14. The van der Waals surface area contributed by atoms with Crippen molar-refractivity contribution in [1.82, 2.24) is 0 Å². The number of aromatic nitrogens is 1. The number of hydrogen-bond donors (Lipinski definition) is 2. The minimum absolute atomic E-state index is 0.110. The fourth-order valence-corrected chi connectivity index (χ4v) is 2.22. The standard InChI is InChI=1S/C17H20N2O2/c1-3-13(2)15-8-4-5-9-16(15)18-17(21)12-19-10-6-7-14(20)11-19/h4-11,13H,3,12H2,1-2H3,(H-,18,20,21)/p+1/t13-/m1/s1. The first-order valence-electron chi connectivity index (χ1n) is 7.17. The maximum atomic E-state index is 12.1. The number of para-hydroxylation sites is 1. The quantitative estimate of drug-likeness (QED) is 0.830. The van der Waals surface area contributed by atoms with Crippen LogP contribution in [0.1, 0.15) is 31.7 Å². The number of nitrogens with zero attached hydrogens (tertiary/aromatic N) is 1. The van der Waals surface area contributed by atoms with Crippen molar-refractivity contribution in [2.45, 2.75) is 32.7 Å². The summed E-state index contributed by atoms with van der Waals surface area (Å²) in [5.74, 6) is 0.432. The van der Waals surface area contributed by atoms with E-state index in [-0.39, 0.29) is 18.2 Å². The number of aromatic hydroxyl groups is 1. The molecule has 4 nitrogen and oxygen atoms in total. The molecule has 0 aliphatic heterocycles. The van der Waals surface area contributed by atoms with E-state index in [1.54, 1.807) is 22.9 Å². The van der Waals surface area contributed by atoms with Crippen LogP contribution in [0.4, 0.5) is 5.69 Å². The maximum Gasteiger partial charge on any atom is 0.290 e. The molecule has 110 valence electrons. The molecule has 0 saturated heterocycles. The zero-order chi connectivity index (χ0) is 15.2. The van der Waals surface area contributed by atoms with Crippen molar-refractivity contribution >= 4 is 11.6 Å². The van der Waals surface area contributed by atoms with E-state index in [1.165, 1.54) is 6.20 Å². The minimum Gasteiger partial charge on any atom is -0.503 e. The van der Waals surface area contributed by atoms with E-state index in [2.05, 4.69) is 19.2 Å². The molecule has 2 N–H and O–H groups in total. The predicted octanol–water partition coefficient (Wildman–Crippen LogP) is 2.83. The Morgan fingerprint density at radius 1 is 1.29 bits per heavy atom. The van der Waals surface area contributed by atoms with Crippen LogP contribution in [0, 0.1) is 0 Å². The number of carbonyl (C=O) groups excluding carboxylic acids is 1. The van der Waals surface area contributed by atoms with Crippen LogP contribution in [0.25, 0.3) is 0 Å². The Morgan fingerprint density at radius 2 is 2.05 bits per heavy atom.